The predicted octanol–water partition coefficient (Wildman–Crippen LogP) is 4.08. The highest BCUT2D eigenvalue weighted by molar-refractivity contribution is 6.31. The summed E-state index contributed by atoms with van der Waals surface area (Å²) in [7, 11) is 0. The Morgan fingerprint density at radius 2 is 1.85 bits per heavy atom. The van der Waals surface area contributed by atoms with Crippen LogP contribution in [0.15, 0.2) is 48.5 Å². The highest BCUT2D eigenvalue weighted by Crippen LogP contribution is 2.51. The number of halogens is 2. The van der Waals surface area contributed by atoms with Gasteiger partial charge in [-0.3, -0.25) is 0 Å². The second-order valence-corrected chi connectivity index (χ2v) is 5.98. The van der Waals surface area contributed by atoms with Crippen LogP contribution in [0.2, 0.25) is 5.02 Å². The zero-order valence-electron chi connectivity index (χ0n) is 11.2. The highest BCUT2D eigenvalue weighted by atomic mass is 35.5. The van der Waals surface area contributed by atoms with Crippen molar-refractivity contribution in [2.24, 2.45) is 5.73 Å². The fraction of sp³-hybridized carbons (Fsp3) is 0.294. The van der Waals surface area contributed by atoms with Gasteiger partial charge in [0.1, 0.15) is 5.82 Å². The number of benzene rings is 2. The van der Waals surface area contributed by atoms with E-state index in [-0.39, 0.29) is 17.3 Å². The standard InChI is InChI=1S/C17H17ClFN/c18-15-11-14(19)7-6-12(15)10-16(20)17(8-9-17)13-4-2-1-3-5-13/h1-7,11,16H,8-10,20H2. The molecule has 2 aromatic carbocycles. The smallest absolute Gasteiger partial charge is 0.124 e. The first kappa shape index (κ1) is 13.6. The monoisotopic (exact) mass is 289 g/mol. The van der Waals surface area contributed by atoms with Crippen molar-refractivity contribution < 1.29 is 4.39 Å². The Labute approximate surface area is 123 Å². The molecular formula is C17H17ClFN. The first-order valence-corrected chi connectivity index (χ1v) is 7.25. The van der Waals surface area contributed by atoms with Gasteiger partial charge >= 0.3 is 0 Å². The Morgan fingerprint density at radius 1 is 1.15 bits per heavy atom. The third-order valence-electron chi connectivity index (χ3n) is 4.30. The van der Waals surface area contributed by atoms with E-state index in [9.17, 15) is 4.39 Å². The molecule has 0 aliphatic heterocycles. The zero-order chi connectivity index (χ0) is 14.2. The van der Waals surface area contributed by atoms with Crippen LogP contribution in [-0.4, -0.2) is 6.04 Å². The second kappa shape index (κ2) is 5.19. The van der Waals surface area contributed by atoms with Gasteiger partial charge in [0.05, 0.1) is 0 Å². The van der Waals surface area contributed by atoms with Gasteiger partial charge < -0.3 is 5.73 Å². The molecule has 0 heterocycles. The lowest BCUT2D eigenvalue weighted by Crippen LogP contribution is -2.36. The van der Waals surface area contributed by atoms with Crippen molar-refractivity contribution in [1.82, 2.24) is 0 Å². The van der Waals surface area contributed by atoms with Crippen molar-refractivity contribution in [1.29, 1.82) is 0 Å². The first-order chi connectivity index (χ1) is 9.62. The molecule has 0 spiro atoms. The molecule has 2 N–H and O–H groups in total. The molecule has 0 bridgehead atoms. The van der Waals surface area contributed by atoms with E-state index in [1.54, 1.807) is 6.07 Å². The average Bonchev–Trinajstić information content (AvgIpc) is 3.24. The van der Waals surface area contributed by atoms with Crippen LogP contribution in [0.3, 0.4) is 0 Å². The van der Waals surface area contributed by atoms with Gasteiger partial charge in [-0.15, -0.1) is 0 Å². The normalized spacial score (nSPS) is 17.8. The Kier molecular flexibility index (Phi) is 3.53. The average molecular weight is 290 g/mol. The minimum atomic E-state index is -0.309. The molecule has 0 radical (unpaired) electrons. The molecule has 1 saturated carbocycles. The summed E-state index contributed by atoms with van der Waals surface area (Å²) >= 11 is 6.09. The van der Waals surface area contributed by atoms with Crippen LogP contribution in [-0.2, 0) is 11.8 Å². The minimum absolute atomic E-state index is 0.00728. The summed E-state index contributed by atoms with van der Waals surface area (Å²) < 4.78 is 13.1. The molecule has 1 unspecified atom stereocenters. The molecule has 1 fully saturated rings. The van der Waals surface area contributed by atoms with Gasteiger partial charge in [-0.05, 0) is 42.5 Å². The minimum Gasteiger partial charge on any atom is -0.327 e. The molecule has 1 aliphatic carbocycles. The van der Waals surface area contributed by atoms with Gasteiger partial charge in [0, 0.05) is 16.5 Å². The Bertz CT molecular complexity index is 608. The number of hydrogen-bond acceptors (Lipinski definition) is 1. The lowest BCUT2D eigenvalue weighted by atomic mass is 9.85. The molecule has 3 heteroatoms. The van der Waals surface area contributed by atoms with Crippen molar-refractivity contribution >= 4 is 11.6 Å². The van der Waals surface area contributed by atoms with Crippen LogP contribution in [0, 0.1) is 5.82 Å². The largest absolute Gasteiger partial charge is 0.327 e. The van der Waals surface area contributed by atoms with Crippen LogP contribution in [0.25, 0.3) is 0 Å². The van der Waals surface area contributed by atoms with Crippen molar-refractivity contribution in [2.45, 2.75) is 30.7 Å². The molecule has 0 amide bonds. The van der Waals surface area contributed by atoms with E-state index in [1.807, 2.05) is 18.2 Å². The number of rotatable bonds is 4. The first-order valence-electron chi connectivity index (χ1n) is 6.87. The third kappa shape index (κ3) is 2.46. The molecular weight excluding hydrogens is 273 g/mol. The summed E-state index contributed by atoms with van der Waals surface area (Å²) in [6, 6.07) is 14.9. The lowest BCUT2D eigenvalue weighted by Gasteiger charge is -2.24. The summed E-state index contributed by atoms with van der Waals surface area (Å²) in [4.78, 5) is 0. The van der Waals surface area contributed by atoms with Crippen LogP contribution in [0.4, 0.5) is 4.39 Å². The van der Waals surface area contributed by atoms with E-state index in [0.29, 0.717) is 11.4 Å². The maximum Gasteiger partial charge on any atom is 0.124 e. The lowest BCUT2D eigenvalue weighted by molar-refractivity contribution is 0.513. The molecule has 0 saturated heterocycles. The SMILES string of the molecule is NC(Cc1ccc(F)cc1Cl)C1(c2ccccc2)CC1. The van der Waals surface area contributed by atoms with Gasteiger partial charge in [-0.1, -0.05) is 48.0 Å². The summed E-state index contributed by atoms with van der Waals surface area (Å²) in [6.45, 7) is 0. The van der Waals surface area contributed by atoms with Crippen molar-refractivity contribution in [3.63, 3.8) is 0 Å². The Balaban J connectivity index is 1.81. The van der Waals surface area contributed by atoms with Crippen molar-refractivity contribution in [2.75, 3.05) is 0 Å². The summed E-state index contributed by atoms with van der Waals surface area (Å²) in [5.74, 6) is -0.309. The number of nitrogens with two attached hydrogens (primary N) is 1. The van der Waals surface area contributed by atoms with Gasteiger partial charge in [-0.2, -0.15) is 0 Å². The molecule has 0 aromatic heterocycles. The summed E-state index contributed by atoms with van der Waals surface area (Å²) in [5.41, 5.74) is 8.72. The van der Waals surface area contributed by atoms with Crippen LogP contribution in [0.5, 0.6) is 0 Å². The second-order valence-electron chi connectivity index (χ2n) is 5.57. The third-order valence-corrected chi connectivity index (χ3v) is 4.65. The molecule has 1 nitrogen and oxygen atoms in total. The summed E-state index contributed by atoms with van der Waals surface area (Å²) in [5, 5.41) is 0.462. The fourth-order valence-corrected chi connectivity index (χ4v) is 3.14. The predicted molar refractivity (Wildman–Crippen MR) is 80.4 cm³/mol. The zero-order valence-corrected chi connectivity index (χ0v) is 11.9. The highest BCUT2D eigenvalue weighted by Gasteiger charge is 2.48. The maximum absolute atomic E-state index is 13.1. The summed E-state index contributed by atoms with van der Waals surface area (Å²) in [6.07, 6.45) is 2.89. The van der Waals surface area contributed by atoms with Crippen LogP contribution in [0.1, 0.15) is 24.0 Å². The molecule has 104 valence electrons. The van der Waals surface area contributed by atoms with Gasteiger partial charge in [-0.25, -0.2) is 4.39 Å². The fourth-order valence-electron chi connectivity index (χ4n) is 2.90. The van der Waals surface area contributed by atoms with E-state index >= 15 is 0 Å². The Morgan fingerprint density at radius 3 is 2.45 bits per heavy atom. The Hall–Kier alpha value is -1.38. The van der Waals surface area contributed by atoms with E-state index in [4.69, 9.17) is 17.3 Å². The number of hydrogen-bond donors (Lipinski definition) is 1. The maximum atomic E-state index is 13.1. The van der Waals surface area contributed by atoms with Crippen molar-refractivity contribution in [3.8, 4) is 0 Å². The molecule has 1 aliphatic rings. The van der Waals surface area contributed by atoms with Crippen molar-refractivity contribution in [3.05, 3.63) is 70.5 Å². The molecule has 20 heavy (non-hydrogen) atoms. The van der Waals surface area contributed by atoms with E-state index in [1.165, 1.54) is 17.7 Å². The van der Waals surface area contributed by atoms with Gasteiger partial charge in [0.15, 0.2) is 0 Å². The van der Waals surface area contributed by atoms with Gasteiger partial charge in [0.25, 0.3) is 0 Å². The molecule has 2 aromatic rings. The quantitative estimate of drug-likeness (QED) is 0.902. The van der Waals surface area contributed by atoms with E-state index < -0.39 is 0 Å². The van der Waals surface area contributed by atoms with Gasteiger partial charge in [0.2, 0.25) is 0 Å². The molecule has 3 rings (SSSR count). The van der Waals surface area contributed by atoms with Crippen LogP contribution < -0.4 is 5.73 Å². The molecule has 1 atom stereocenters. The van der Waals surface area contributed by atoms with Crippen LogP contribution >= 0.6 is 11.6 Å². The van der Waals surface area contributed by atoms with E-state index in [2.05, 4.69) is 12.1 Å². The van der Waals surface area contributed by atoms with E-state index in [0.717, 1.165) is 18.4 Å². The topological polar surface area (TPSA) is 26.0 Å².